The van der Waals surface area contributed by atoms with Gasteiger partial charge >= 0.3 is 18.9 Å². The molecule has 1 aliphatic rings. The predicted molar refractivity (Wildman–Crippen MR) is 50.3 cm³/mol. The normalized spacial score (nSPS) is 29.5. The van der Waals surface area contributed by atoms with Gasteiger partial charge in [-0.1, -0.05) is 52.4 Å². The summed E-state index contributed by atoms with van der Waals surface area (Å²) < 4.78 is 0. The molecule has 12 heavy (non-hydrogen) atoms. The first-order valence-electron chi connectivity index (χ1n) is 5.18. The molecular weight excluding hydrogens is 139 g/mol. The minimum absolute atomic E-state index is 0. The quantitative estimate of drug-likeness (QED) is 0.423. The van der Waals surface area contributed by atoms with Crippen molar-refractivity contribution >= 4 is 0 Å². The van der Waals surface area contributed by atoms with Gasteiger partial charge in [-0.05, 0) is 0 Å². The molecule has 0 aromatic heterocycles. The molecule has 1 aliphatic carbocycles. The molecule has 1 heteroatoms. The Hall–Kier alpha value is 0.597. The van der Waals surface area contributed by atoms with Gasteiger partial charge in [0, 0.05) is 0 Å². The summed E-state index contributed by atoms with van der Waals surface area (Å²) in [6.45, 7) is 4.64. The van der Waals surface area contributed by atoms with Gasteiger partial charge in [0.1, 0.15) is 0 Å². The molecule has 0 nitrogen and oxygen atoms in total. The van der Waals surface area contributed by atoms with E-state index in [-0.39, 0.29) is 18.9 Å². The third kappa shape index (κ3) is 4.58. The van der Waals surface area contributed by atoms with Crippen molar-refractivity contribution in [3.05, 3.63) is 6.42 Å². The van der Waals surface area contributed by atoms with Gasteiger partial charge in [-0.3, -0.25) is 0 Å². The van der Waals surface area contributed by atoms with Crippen molar-refractivity contribution in [1.82, 2.24) is 0 Å². The Balaban J connectivity index is 0.00000121. The second kappa shape index (κ2) is 7.04. The van der Waals surface area contributed by atoms with Crippen LogP contribution in [0.1, 0.15) is 52.4 Å². The molecule has 0 heterocycles. The van der Waals surface area contributed by atoms with Crippen molar-refractivity contribution in [2.24, 2.45) is 11.8 Å². The fraction of sp³-hybridized carbons (Fsp3) is 0.909. The minimum Gasteiger partial charge on any atom is -0.323 e. The summed E-state index contributed by atoms with van der Waals surface area (Å²) in [5, 5.41) is 0. The summed E-state index contributed by atoms with van der Waals surface area (Å²) in [7, 11) is 0. The van der Waals surface area contributed by atoms with Crippen molar-refractivity contribution in [1.29, 1.82) is 0 Å². The van der Waals surface area contributed by atoms with Crippen molar-refractivity contribution in [3.63, 3.8) is 0 Å². The fourth-order valence-electron chi connectivity index (χ4n) is 2.07. The zero-order chi connectivity index (χ0) is 8.10. The van der Waals surface area contributed by atoms with Crippen molar-refractivity contribution < 1.29 is 18.9 Å². The smallest absolute Gasteiger partial charge is 0.323 e. The molecule has 1 rings (SSSR count). The van der Waals surface area contributed by atoms with Crippen LogP contribution >= 0.6 is 0 Å². The molecule has 0 spiro atoms. The summed E-state index contributed by atoms with van der Waals surface area (Å²) in [5.74, 6) is 1.85. The van der Waals surface area contributed by atoms with Crippen LogP contribution in [0.15, 0.2) is 0 Å². The molecule has 1 fully saturated rings. The van der Waals surface area contributed by atoms with Crippen LogP contribution in [-0.2, 0) is 0 Å². The first-order valence-corrected chi connectivity index (χ1v) is 5.18. The number of hydrogen-bond acceptors (Lipinski definition) is 0. The van der Waals surface area contributed by atoms with Gasteiger partial charge in [0.2, 0.25) is 0 Å². The molecule has 0 aromatic rings. The second-order valence-corrected chi connectivity index (χ2v) is 4.00. The molecule has 0 amide bonds. The van der Waals surface area contributed by atoms with Crippen molar-refractivity contribution in [2.75, 3.05) is 0 Å². The molecule has 66 valence electrons. The molecule has 0 aromatic carbocycles. The van der Waals surface area contributed by atoms with Crippen molar-refractivity contribution in [2.45, 2.75) is 52.4 Å². The number of unbranched alkanes of at least 4 members (excludes halogenated alkanes) is 1. The molecule has 2 unspecified atom stereocenters. The Morgan fingerprint density at radius 3 is 2.67 bits per heavy atom. The molecule has 0 N–H and O–H groups in total. The average molecular weight is 160 g/mol. The summed E-state index contributed by atoms with van der Waals surface area (Å²) in [6, 6.07) is 0. The van der Waals surface area contributed by atoms with E-state index >= 15 is 0 Å². The van der Waals surface area contributed by atoms with Crippen LogP contribution in [0.4, 0.5) is 0 Å². The molecule has 0 radical (unpaired) electrons. The summed E-state index contributed by atoms with van der Waals surface area (Å²) in [6.07, 6.45) is 11.2. The molecule has 0 saturated heterocycles. The Labute approximate surface area is 89.7 Å². The van der Waals surface area contributed by atoms with E-state index < -0.39 is 0 Å². The Kier molecular flexibility index (Phi) is 7.40. The standard InChI is InChI=1S/C11H21.Li/c1-3-4-7-11-8-5-6-10(2)9-11;/h9-11H,3-8H2,1-2H3;/q-1;+1. The Bertz CT molecular complexity index is 101. The summed E-state index contributed by atoms with van der Waals surface area (Å²) >= 11 is 0. The van der Waals surface area contributed by atoms with Crippen LogP contribution in [0.2, 0.25) is 0 Å². The monoisotopic (exact) mass is 160 g/mol. The maximum absolute atomic E-state index is 2.58. The van der Waals surface area contributed by atoms with E-state index in [0.717, 1.165) is 11.8 Å². The van der Waals surface area contributed by atoms with Gasteiger partial charge in [-0.15, -0.1) is 0 Å². The molecule has 0 aliphatic heterocycles. The van der Waals surface area contributed by atoms with E-state index in [4.69, 9.17) is 0 Å². The second-order valence-electron chi connectivity index (χ2n) is 4.00. The van der Waals surface area contributed by atoms with Crippen LogP contribution in [0.25, 0.3) is 0 Å². The van der Waals surface area contributed by atoms with Crippen molar-refractivity contribution in [3.8, 4) is 0 Å². The van der Waals surface area contributed by atoms with Gasteiger partial charge in [-0.25, -0.2) is 0 Å². The number of rotatable bonds is 3. The van der Waals surface area contributed by atoms with E-state index in [2.05, 4.69) is 20.3 Å². The zero-order valence-corrected chi connectivity index (χ0v) is 8.97. The first kappa shape index (κ1) is 12.6. The van der Waals surface area contributed by atoms with E-state index in [0.29, 0.717) is 0 Å². The minimum atomic E-state index is 0. The van der Waals surface area contributed by atoms with Crippen LogP contribution in [0.3, 0.4) is 0 Å². The summed E-state index contributed by atoms with van der Waals surface area (Å²) in [5.41, 5.74) is 0. The average Bonchev–Trinajstić information content (AvgIpc) is 2.01. The zero-order valence-electron chi connectivity index (χ0n) is 8.97. The largest absolute Gasteiger partial charge is 1.00 e. The van der Waals surface area contributed by atoms with Crippen LogP contribution in [0.5, 0.6) is 0 Å². The third-order valence-corrected chi connectivity index (χ3v) is 2.76. The van der Waals surface area contributed by atoms with Gasteiger partial charge in [-0.2, -0.15) is 11.8 Å². The van der Waals surface area contributed by atoms with E-state index in [9.17, 15) is 0 Å². The van der Waals surface area contributed by atoms with Gasteiger partial charge in [0.25, 0.3) is 0 Å². The van der Waals surface area contributed by atoms with Gasteiger partial charge in [0.05, 0.1) is 0 Å². The first-order chi connectivity index (χ1) is 5.33. The number of hydrogen-bond donors (Lipinski definition) is 0. The van der Waals surface area contributed by atoms with E-state index in [1.807, 2.05) is 0 Å². The predicted octanol–water partition coefficient (Wildman–Crippen LogP) is 0.821. The molecular formula is C11H21Li. The van der Waals surface area contributed by atoms with Crippen LogP contribution < -0.4 is 18.9 Å². The molecule has 1 saturated carbocycles. The molecule has 2 atom stereocenters. The van der Waals surface area contributed by atoms with Gasteiger partial charge in [0.15, 0.2) is 0 Å². The Morgan fingerprint density at radius 2 is 2.08 bits per heavy atom. The van der Waals surface area contributed by atoms with Crippen LogP contribution in [0, 0.1) is 18.3 Å². The van der Waals surface area contributed by atoms with Crippen LogP contribution in [-0.4, -0.2) is 0 Å². The van der Waals surface area contributed by atoms with Gasteiger partial charge < -0.3 is 6.42 Å². The van der Waals surface area contributed by atoms with E-state index in [1.54, 1.807) is 0 Å². The fourth-order valence-corrected chi connectivity index (χ4v) is 2.07. The third-order valence-electron chi connectivity index (χ3n) is 2.76. The maximum atomic E-state index is 2.58. The topological polar surface area (TPSA) is 0 Å². The SMILES string of the molecule is CCCCC1[CH-]C(C)CCC1.[Li+]. The summed E-state index contributed by atoms with van der Waals surface area (Å²) in [4.78, 5) is 0. The van der Waals surface area contributed by atoms with E-state index in [1.165, 1.54) is 38.5 Å². The Morgan fingerprint density at radius 1 is 1.33 bits per heavy atom. The maximum Gasteiger partial charge on any atom is 1.00 e. The molecule has 0 bridgehead atoms.